The zero-order valence-electron chi connectivity index (χ0n) is 6.08. The van der Waals surface area contributed by atoms with Crippen molar-refractivity contribution in [2.75, 3.05) is 19.7 Å². The standard InChI is InChI=1S/C6H10N4O/c1-2-11-5(3-7-1)6-8-4-9-10-6/h4-5,7H,1-3H2,(H,8,9,10). The number of hydrogen-bond acceptors (Lipinski definition) is 4. The number of aromatic nitrogens is 3. The fourth-order valence-electron chi connectivity index (χ4n) is 1.11. The first-order valence-electron chi connectivity index (χ1n) is 3.64. The Morgan fingerprint density at radius 2 is 2.64 bits per heavy atom. The molecule has 1 aromatic rings. The molecule has 1 fully saturated rings. The van der Waals surface area contributed by atoms with E-state index in [0.717, 1.165) is 25.5 Å². The van der Waals surface area contributed by atoms with Gasteiger partial charge in [0.2, 0.25) is 0 Å². The average molecular weight is 154 g/mol. The summed E-state index contributed by atoms with van der Waals surface area (Å²) < 4.78 is 5.43. The van der Waals surface area contributed by atoms with E-state index in [1.807, 2.05) is 0 Å². The van der Waals surface area contributed by atoms with E-state index in [1.54, 1.807) is 0 Å². The zero-order valence-corrected chi connectivity index (χ0v) is 6.08. The number of rotatable bonds is 1. The monoisotopic (exact) mass is 154 g/mol. The highest BCUT2D eigenvalue weighted by Gasteiger charge is 2.17. The summed E-state index contributed by atoms with van der Waals surface area (Å²) in [5.41, 5.74) is 0. The number of ether oxygens (including phenoxy) is 1. The molecular formula is C6H10N4O. The molecule has 0 saturated carbocycles. The molecule has 1 aliphatic heterocycles. The second kappa shape index (κ2) is 2.98. The molecule has 5 heteroatoms. The molecule has 5 nitrogen and oxygen atoms in total. The first kappa shape index (κ1) is 6.75. The Hall–Kier alpha value is -0.940. The summed E-state index contributed by atoms with van der Waals surface area (Å²) in [6.45, 7) is 2.48. The largest absolute Gasteiger partial charge is 0.368 e. The maximum Gasteiger partial charge on any atom is 0.154 e. The normalized spacial score (nSPS) is 25.3. The van der Waals surface area contributed by atoms with E-state index in [9.17, 15) is 0 Å². The van der Waals surface area contributed by atoms with Crippen LogP contribution in [0, 0.1) is 0 Å². The zero-order chi connectivity index (χ0) is 7.52. The lowest BCUT2D eigenvalue weighted by molar-refractivity contribution is 0.0223. The first-order valence-corrected chi connectivity index (χ1v) is 3.64. The Balaban J connectivity index is 2.04. The van der Waals surface area contributed by atoms with Gasteiger partial charge in [0.15, 0.2) is 5.82 Å². The third-order valence-electron chi connectivity index (χ3n) is 1.67. The minimum absolute atomic E-state index is 0.0475. The summed E-state index contributed by atoms with van der Waals surface area (Å²) >= 11 is 0. The van der Waals surface area contributed by atoms with Crippen LogP contribution in [0.5, 0.6) is 0 Å². The van der Waals surface area contributed by atoms with Gasteiger partial charge in [-0.3, -0.25) is 5.10 Å². The van der Waals surface area contributed by atoms with Gasteiger partial charge in [-0.05, 0) is 0 Å². The summed E-state index contributed by atoms with van der Waals surface area (Å²) in [5, 5.41) is 9.74. The summed E-state index contributed by atoms with van der Waals surface area (Å²) in [6, 6.07) is 0. The Kier molecular flexibility index (Phi) is 1.83. The van der Waals surface area contributed by atoms with E-state index in [2.05, 4.69) is 20.5 Å². The van der Waals surface area contributed by atoms with Gasteiger partial charge in [-0.25, -0.2) is 4.98 Å². The molecule has 1 saturated heterocycles. The van der Waals surface area contributed by atoms with Crippen LogP contribution in [0.1, 0.15) is 11.9 Å². The number of nitrogens with zero attached hydrogens (tertiary/aromatic N) is 2. The molecular weight excluding hydrogens is 144 g/mol. The summed E-state index contributed by atoms with van der Waals surface area (Å²) in [4.78, 5) is 4.01. The lowest BCUT2D eigenvalue weighted by atomic mass is 10.3. The third-order valence-corrected chi connectivity index (χ3v) is 1.67. The molecule has 11 heavy (non-hydrogen) atoms. The Bertz CT molecular complexity index is 204. The van der Waals surface area contributed by atoms with Gasteiger partial charge in [0.25, 0.3) is 0 Å². The quantitative estimate of drug-likeness (QED) is 0.570. The van der Waals surface area contributed by atoms with Crippen molar-refractivity contribution in [2.45, 2.75) is 6.10 Å². The lowest BCUT2D eigenvalue weighted by Gasteiger charge is -2.21. The van der Waals surface area contributed by atoms with Gasteiger partial charge in [-0.2, -0.15) is 5.10 Å². The minimum atomic E-state index is 0.0475. The van der Waals surface area contributed by atoms with Crippen LogP contribution >= 0.6 is 0 Å². The summed E-state index contributed by atoms with van der Waals surface area (Å²) in [6.07, 6.45) is 1.54. The van der Waals surface area contributed by atoms with Crippen molar-refractivity contribution in [2.24, 2.45) is 0 Å². The number of morpholine rings is 1. The van der Waals surface area contributed by atoms with Crippen LogP contribution < -0.4 is 5.32 Å². The number of H-pyrrole nitrogens is 1. The second-order valence-electron chi connectivity index (χ2n) is 2.43. The van der Waals surface area contributed by atoms with Crippen molar-refractivity contribution in [1.29, 1.82) is 0 Å². The molecule has 0 aliphatic carbocycles. The van der Waals surface area contributed by atoms with Crippen LogP contribution in [0.2, 0.25) is 0 Å². The second-order valence-corrected chi connectivity index (χ2v) is 2.43. The Morgan fingerprint density at radius 1 is 1.64 bits per heavy atom. The van der Waals surface area contributed by atoms with E-state index in [1.165, 1.54) is 6.33 Å². The maximum atomic E-state index is 5.43. The first-order chi connectivity index (χ1) is 5.47. The molecule has 0 radical (unpaired) electrons. The highest BCUT2D eigenvalue weighted by molar-refractivity contribution is 4.89. The molecule has 2 N–H and O–H groups in total. The van der Waals surface area contributed by atoms with Crippen molar-refractivity contribution in [3.05, 3.63) is 12.2 Å². The fraction of sp³-hybridized carbons (Fsp3) is 0.667. The Labute approximate surface area is 64.2 Å². The maximum absolute atomic E-state index is 5.43. The summed E-state index contributed by atoms with van der Waals surface area (Å²) in [5.74, 6) is 0.803. The van der Waals surface area contributed by atoms with Crippen LogP contribution in [-0.2, 0) is 4.74 Å². The van der Waals surface area contributed by atoms with Crippen molar-refractivity contribution >= 4 is 0 Å². The van der Waals surface area contributed by atoms with Gasteiger partial charge in [0.1, 0.15) is 12.4 Å². The number of aromatic amines is 1. The molecule has 1 atom stereocenters. The molecule has 2 heterocycles. The molecule has 1 aliphatic rings. The van der Waals surface area contributed by atoms with Gasteiger partial charge < -0.3 is 10.1 Å². The number of nitrogens with one attached hydrogen (secondary N) is 2. The minimum Gasteiger partial charge on any atom is -0.368 e. The van der Waals surface area contributed by atoms with E-state index in [4.69, 9.17) is 4.74 Å². The molecule has 1 unspecified atom stereocenters. The van der Waals surface area contributed by atoms with Crippen LogP contribution in [0.4, 0.5) is 0 Å². The lowest BCUT2D eigenvalue weighted by Crippen LogP contribution is -2.33. The molecule has 2 rings (SSSR count). The molecule has 0 bridgehead atoms. The van der Waals surface area contributed by atoms with Gasteiger partial charge >= 0.3 is 0 Å². The predicted molar refractivity (Wildman–Crippen MR) is 37.9 cm³/mol. The van der Waals surface area contributed by atoms with Crippen LogP contribution in [0.25, 0.3) is 0 Å². The van der Waals surface area contributed by atoms with Crippen molar-refractivity contribution < 1.29 is 4.74 Å². The summed E-state index contributed by atoms with van der Waals surface area (Å²) in [7, 11) is 0. The Morgan fingerprint density at radius 3 is 3.27 bits per heavy atom. The molecule has 1 aromatic heterocycles. The number of hydrogen-bond donors (Lipinski definition) is 2. The fourth-order valence-corrected chi connectivity index (χ4v) is 1.11. The molecule has 0 spiro atoms. The van der Waals surface area contributed by atoms with Gasteiger partial charge in [0.05, 0.1) is 6.61 Å². The van der Waals surface area contributed by atoms with Crippen LogP contribution in [-0.4, -0.2) is 34.9 Å². The van der Waals surface area contributed by atoms with Crippen molar-refractivity contribution in [1.82, 2.24) is 20.5 Å². The van der Waals surface area contributed by atoms with E-state index >= 15 is 0 Å². The van der Waals surface area contributed by atoms with Crippen LogP contribution in [0.15, 0.2) is 6.33 Å². The highest BCUT2D eigenvalue weighted by Crippen LogP contribution is 2.12. The smallest absolute Gasteiger partial charge is 0.154 e. The van der Waals surface area contributed by atoms with Crippen molar-refractivity contribution in [3.63, 3.8) is 0 Å². The van der Waals surface area contributed by atoms with E-state index in [-0.39, 0.29) is 6.10 Å². The van der Waals surface area contributed by atoms with Gasteiger partial charge in [0, 0.05) is 13.1 Å². The van der Waals surface area contributed by atoms with Crippen molar-refractivity contribution in [3.8, 4) is 0 Å². The van der Waals surface area contributed by atoms with E-state index in [0.29, 0.717) is 0 Å². The third kappa shape index (κ3) is 1.38. The van der Waals surface area contributed by atoms with Gasteiger partial charge in [-0.1, -0.05) is 0 Å². The molecule has 60 valence electrons. The molecule has 0 aromatic carbocycles. The topological polar surface area (TPSA) is 62.8 Å². The highest BCUT2D eigenvalue weighted by atomic mass is 16.5. The van der Waals surface area contributed by atoms with Crippen LogP contribution in [0.3, 0.4) is 0 Å². The van der Waals surface area contributed by atoms with Gasteiger partial charge in [-0.15, -0.1) is 0 Å². The average Bonchev–Trinajstić information content (AvgIpc) is 2.58. The predicted octanol–water partition coefficient (Wildman–Crippen LogP) is -0.534. The van der Waals surface area contributed by atoms with E-state index < -0.39 is 0 Å². The molecule has 0 amide bonds. The SMILES string of the molecule is c1n[nH]c(C2CNCCO2)n1.